The molecule has 0 radical (unpaired) electrons. The lowest BCUT2D eigenvalue weighted by atomic mass is 9.99. The molecule has 1 amide bonds. The molecule has 0 unspecified atom stereocenters. The van der Waals surface area contributed by atoms with E-state index in [1.165, 1.54) is 0 Å². The lowest BCUT2D eigenvalue weighted by molar-refractivity contribution is 0.0941. The third-order valence-electron chi connectivity index (χ3n) is 4.72. The van der Waals surface area contributed by atoms with E-state index in [0.29, 0.717) is 6.54 Å². The van der Waals surface area contributed by atoms with Crippen molar-refractivity contribution in [2.45, 2.75) is 26.4 Å². The molecule has 3 aromatic rings. The number of nitrogens with zero attached hydrogens (tertiary/aromatic N) is 2. The van der Waals surface area contributed by atoms with Crippen LogP contribution in [-0.4, -0.2) is 22.6 Å². The topological polar surface area (TPSA) is 73.2 Å². The minimum absolute atomic E-state index is 0.125. The first kappa shape index (κ1) is 19.4. The highest BCUT2D eigenvalue weighted by Crippen LogP contribution is 2.24. The lowest BCUT2D eigenvalue weighted by Crippen LogP contribution is -2.36. The summed E-state index contributed by atoms with van der Waals surface area (Å²) in [6, 6.07) is 14.1. The fourth-order valence-corrected chi connectivity index (χ4v) is 3.16. The Morgan fingerprint density at radius 3 is 2.32 bits per heavy atom. The Labute approximate surface area is 163 Å². The molecule has 6 heteroatoms. The fourth-order valence-electron chi connectivity index (χ4n) is 3.16. The standard InChI is InChI=1S/C22H23N3O3/c1-4-25-15(2)5-10-19(22(25)27)21(26)24-20(17-11-13-23-14-12-17)16-6-8-18(28-3)9-7-16/h5-14,20H,4H2,1-3H3,(H,24,26)/t20-/m0/s1. The molecule has 2 aromatic heterocycles. The number of aryl methyl sites for hydroxylation is 1. The summed E-state index contributed by atoms with van der Waals surface area (Å²) in [7, 11) is 1.60. The van der Waals surface area contributed by atoms with Crippen LogP contribution >= 0.6 is 0 Å². The maximum atomic E-state index is 13.0. The smallest absolute Gasteiger partial charge is 0.263 e. The molecule has 6 nitrogen and oxygen atoms in total. The molecule has 28 heavy (non-hydrogen) atoms. The zero-order valence-corrected chi connectivity index (χ0v) is 16.2. The molecule has 144 valence electrons. The second-order valence-electron chi connectivity index (χ2n) is 6.40. The molecule has 0 bridgehead atoms. The van der Waals surface area contributed by atoms with Crippen LogP contribution in [0.1, 0.15) is 40.1 Å². The van der Waals surface area contributed by atoms with Crippen molar-refractivity contribution in [3.63, 3.8) is 0 Å². The van der Waals surface area contributed by atoms with Crippen LogP contribution in [0.2, 0.25) is 0 Å². The number of amides is 1. The van der Waals surface area contributed by atoms with Gasteiger partial charge in [0.2, 0.25) is 0 Å². The molecule has 1 atom stereocenters. The number of ether oxygens (including phenoxy) is 1. The molecular formula is C22H23N3O3. The first-order valence-corrected chi connectivity index (χ1v) is 9.10. The Hall–Kier alpha value is -3.41. The molecule has 3 rings (SSSR count). The molecule has 0 saturated carbocycles. The molecule has 0 aliphatic heterocycles. The van der Waals surface area contributed by atoms with Crippen LogP contribution in [0, 0.1) is 6.92 Å². The minimum atomic E-state index is -0.419. The summed E-state index contributed by atoms with van der Waals surface area (Å²) in [5.74, 6) is 0.317. The van der Waals surface area contributed by atoms with Gasteiger partial charge in [0.05, 0.1) is 13.2 Å². The van der Waals surface area contributed by atoms with E-state index >= 15 is 0 Å². The molecule has 0 aliphatic carbocycles. The fraction of sp³-hybridized carbons (Fsp3) is 0.227. The predicted octanol–water partition coefficient (Wildman–Crippen LogP) is 3.10. The lowest BCUT2D eigenvalue weighted by Gasteiger charge is -2.20. The summed E-state index contributed by atoms with van der Waals surface area (Å²) < 4.78 is 6.80. The van der Waals surface area contributed by atoms with E-state index in [2.05, 4.69) is 10.3 Å². The van der Waals surface area contributed by atoms with Gasteiger partial charge in [-0.25, -0.2) is 0 Å². The molecule has 1 aromatic carbocycles. The van der Waals surface area contributed by atoms with Gasteiger partial charge >= 0.3 is 0 Å². The number of nitrogens with one attached hydrogen (secondary N) is 1. The van der Waals surface area contributed by atoms with Crippen LogP contribution in [0.3, 0.4) is 0 Å². The van der Waals surface area contributed by atoms with Gasteiger partial charge in [-0.1, -0.05) is 12.1 Å². The number of carbonyl (C=O) groups excluding carboxylic acids is 1. The highest BCUT2D eigenvalue weighted by atomic mass is 16.5. The minimum Gasteiger partial charge on any atom is -0.497 e. The first-order chi connectivity index (χ1) is 13.5. The summed E-state index contributed by atoms with van der Waals surface area (Å²) >= 11 is 0. The van der Waals surface area contributed by atoms with Crippen molar-refractivity contribution in [2.75, 3.05) is 7.11 Å². The number of carbonyl (C=O) groups is 1. The summed E-state index contributed by atoms with van der Waals surface area (Å²) in [6.07, 6.45) is 3.35. The number of hydrogen-bond donors (Lipinski definition) is 1. The number of methoxy groups -OCH3 is 1. The van der Waals surface area contributed by atoms with Gasteiger partial charge < -0.3 is 14.6 Å². The zero-order valence-electron chi connectivity index (χ0n) is 16.2. The quantitative estimate of drug-likeness (QED) is 0.716. The summed E-state index contributed by atoms with van der Waals surface area (Å²) in [5.41, 5.74) is 2.41. The van der Waals surface area contributed by atoms with Crippen LogP contribution < -0.4 is 15.6 Å². The SMILES string of the molecule is CCn1c(C)ccc(C(=O)N[C@H](c2ccncc2)c2ccc(OC)cc2)c1=O. The van der Waals surface area contributed by atoms with Gasteiger partial charge in [0.1, 0.15) is 11.3 Å². The Morgan fingerprint density at radius 2 is 1.71 bits per heavy atom. The van der Waals surface area contributed by atoms with Gasteiger partial charge in [0, 0.05) is 24.6 Å². The van der Waals surface area contributed by atoms with Crippen LogP contribution in [0.4, 0.5) is 0 Å². The second-order valence-corrected chi connectivity index (χ2v) is 6.40. The Morgan fingerprint density at radius 1 is 1.07 bits per heavy atom. The van der Waals surface area contributed by atoms with Crippen molar-refractivity contribution in [1.29, 1.82) is 0 Å². The van der Waals surface area contributed by atoms with Gasteiger partial charge in [-0.15, -0.1) is 0 Å². The number of benzene rings is 1. The molecule has 0 aliphatic rings. The highest BCUT2D eigenvalue weighted by Gasteiger charge is 2.20. The van der Waals surface area contributed by atoms with Crippen LogP contribution in [-0.2, 0) is 6.54 Å². The van der Waals surface area contributed by atoms with E-state index in [1.54, 1.807) is 36.2 Å². The average molecular weight is 377 g/mol. The van der Waals surface area contributed by atoms with Gasteiger partial charge in [-0.2, -0.15) is 0 Å². The van der Waals surface area contributed by atoms with Gasteiger partial charge in [-0.05, 0) is 61.4 Å². The predicted molar refractivity (Wildman–Crippen MR) is 108 cm³/mol. The molecule has 1 N–H and O–H groups in total. The van der Waals surface area contributed by atoms with E-state index in [0.717, 1.165) is 22.6 Å². The molecular weight excluding hydrogens is 354 g/mol. The van der Waals surface area contributed by atoms with Gasteiger partial charge in [0.25, 0.3) is 11.5 Å². The molecule has 0 spiro atoms. The second kappa shape index (κ2) is 8.52. The number of aromatic nitrogens is 2. The van der Waals surface area contributed by atoms with E-state index in [-0.39, 0.29) is 11.1 Å². The van der Waals surface area contributed by atoms with Crippen molar-refractivity contribution in [3.8, 4) is 5.75 Å². The van der Waals surface area contributed by atoms with Crippen molar-refractivity contribution in [2.24, 2.45) is 0 Å². The molecule has 0 fully saturated rings. The maximum Gasteiger partial charge on any atom is 0.263 e. The van der Waals surface area contributed by atoms with Gasteiger partial charge in [-0.3, -0.25) is 14.6 Å². The largest absolute Gasteiger partial charge is 0.497 e. The van der Waals surface area contributed by atoms with Crippen LogP contribution in [0.5, 0.6) is 5.75 Å². The van der Waals surface area contributed by atoms with Gasteiger partial charge in [0.15, 0.2) is 0 Å². The van der Waals surface area contributed by atoms with Crippen molar-refractivity contribution >= 4 is 5.91 Å². The van der Waals surface area contributed by atoms with E-state index in [1.807, 2.05) is 50.2 Å². The highest BCUT2D eigenvalue weighted by molar-refractivity contribution is 5.94. The first-order valence-electron chi connectivity index (χ1n) is 9.10. The van der Waals surface area contributed by atoms with E-state index in [4.69, 9.17) is 4.74 Å². The van der Waals surface area contributed by atoms with Crippen molar-refractivity contribution in [3.05, 3.63) is 93.7 Å². The Balaban J connectivity index is 1.98. The average Bonchev–Trinajstić information content (AvgIpc) is 2.73. The normalized spacial score (nSPS) is 11.7. The number of hydrogen-bond acceptors (Lipinski definition) is 4. The van der Waals surface area contributed by atoms with Crippen LogP contribution in [0.15, 0.2) is 65.7 Å². The summed E-state index contributed by atoms with van der Waals surface area (Å²) in [6.45, 7) is 4.25. The molecule has 2 heterocycles. The van der Waals surface area contributed by atoms with Crippen molar-refractivity contribution in [1.82, 2.24) is 14.9 Å². The van der Waals surface area contributed by atoms with Crippen molar-refractivity contribution < 1.29 is 9.53 Å². The van der Waals surface area contributed by atoms with E-state index in [9.17, 15) is 9.59 Å². The zero-order chi connectivity index (χ0) is 20.1. The Kier molecular flexibility index (Phi) is 5.89. The third-order valence-corrected chi connectivity index (χ3v) is 4.72. The number of pyridine rings is 2. The third kappa shape index (κ3) is 3.96. The maximum absolute atomic E-state index is 13.0. The summed E-state index contributed by atoms with van der Waals surface area (Å²) in [5, 5.41) is 2.99. The monoisotopic (exact) mass is 377 g/mol. The van der Waals surface area contributed by atoms with E-state index < -0.39 is 11.9 Å². The number of rotatable bonds is 6. The van der Waals surface area contributed by atoms with Crippen LogP contribution in [0.25, 0.3) is 0 Å². The summed E-state index contributed by atoms with van der Waals surface area (Å²) in [4.78, 5) is 29.7. The molecule has 0 saturated heterocycles. The Bertz CT molecular complexity index is 1010.